The second-order valence-corrected chi connectivity index (χ2v) is 6.47. The van der Waals surface area contributed by atoms with Crippen LogP contribution >= 0.6 is 0 Å². The van der Waals surface area contributed by atoms with Crippen LogP contribution < -0.4 is 15.4 Å². The fraction of sp³-hybridized carbons (Fsp3) is 0.227. The smallest absolute Gasteiger partial charge is 0.270 e. The van der Waals surface area contributed by atoms with Crippen molar-refractivity contribution in [3.63, 3.8) is 0 Å². The minimum atomic E-state index is -0.204. The van der Waals surface area contributed by atoms with Gasteiger partial charge < -0.3 is 15.4 Å². The molecular formula is C22H24N4O2. The summed E-state index contributed by atoms with van der Waals surface area (Å²) in [5.41, 5.74) is 2.26. The molecule has 0 aliphatic heterocycles. The summed E-state index contributed by atoms with van der Waals surface area (Å²) in [7, 11) is 0. The van der Waals surface area contributed by atoms with E-state index in [1.807, 2.05) is 68.4 Å². The summed E-state index contributed by atoms with van der Waals surface area (Å²) in [6.45, 7) is 4.49. The van der Waals surface area contributed by atoms with E-state index in [0.29, 0.717) is 18.2 Å². The molecule has 3 rings (SSSR count). The molecule has 0 aliphatic carbocycles. The predicted molar refractivity (Wildman–Crippen MR) is 110 cm³/mol. The summed E-state index contributed by atoms with van der Waals surface area (Å²) in [6.07, 6.45) is 2.43. The summed E-state index contributed by atoms with van der Waals surface area (Å²) >= 11 is 0. The Morgan fingerprint density at radius 3 is 2.54 bits per heavy atom. The number of carbonyl (C=O) groups excluding carboxylic acids is 1. The number of hydrogen-bond acceptors (Lipinski definition) is 5. The number of amides is 1. The number of nitrogens with zero attached hydrogens (tertiary/aromatic N) is 2. The maximum absolute atomic E-state index is 12.2. The minimum Gasteiger partial charge on any atom is -0.489 e. The summed E-state index contributed by atoms with van der Waals surface area (Å²) in [4.78, 5) is 20.7. The van der Waals surface area contributed by atoms with Crippen LogP contribution in [0.3, 0.4) is 0 Å². The van der Waals surface area contributed by atoms with Gasteiger partial charge in [-0.2, -0.15) is 0 Å². The Labute approximate surface area is 165 Å². The van der Waals surface area contributed by atoms with Crippen LogP contribution in [0.25, 0.3) is 0 Å². The zero-order valence-electron chi connectivity index (χ0n) is 16.1. The van der Waals surface area contributed by atoms with E-state index in [0.717, 1.165) is 23.4 Å². The number of carbonyl (C=O) groups is 1. The number of rotatable bonds is 8. The van der Waals surface area contributed by atoms with Gasteiger partial charge in [-0.05, 0) is 49.2 Å². The van der Waals surface area contributed by atoms with Crippen molar-refractivity contribution in [2.24, 2.45) is 0 Å². The van der Waals surface area contributed by atoms with Crippen molar-refractivity contribution in [1.82, 2.24) is 15.3 Å². The van der Waals surface area contributed by atoms with E-state index >= 15 is 0 Å². The monoisotopic (exact) mass is 376 g/mol. The van der Waals surface area contributed by atoms with Crippen molar-refractivity contribution >= 4 is 17.5 Å². The summed E-state index contributed by atoms with van der Waals surface area (Å²) in [5, 5.41) is 6.01. The third kappa shape index (κ3) is 5.54. The largest absolute Gasteiger partial charge is 0.489 e. The molecule has 2 aromatic carbocycles. The summed E-state index contributed by atoms with van der Waals surface area (Å²) in [6, 6.07) is 19.2. The Balaban J connectivity index is 1.59. The highest BCUT2D eigenvalue weighted by Gasteiger charge is 2.11. The fourth-order valence-electron chi connectivity index (χ4n) is 2.45. The summed E-state index contributed by atoms with van der Waals surface area (Å²) in [5.74, 6) is 0.941. The Morgan fingerprint density at radius 2 is 1.82 bits per heavy atom. The van der Waals surface area contributed by atoms with E-state index in [1.54, 1.807) is 12.3 Å². The van der Waals surface area contributed by atoms with Gasteiger partial charge in [0.2, 0.25) is 5.95 Å². The van der Waals surface area contributed by atoms with Crippen LogP contribution in [0.1, 0.15) is 36.3 Å². The first-order chi connectivity index (χ1) is 13.6. The van der Waals surface area contributed by atoms with E-state index in [2.05, 4.69) is 20.6 Å². The number of ether oxygens (including phenoxy) is 1. The van der Waals surface area contributed by atoms with Crippen LogP contribution in [-0.4, -0.2) is 21.9 Å². The van der Waals surface area contributed by atoms with Crippen LogP contribution in [0.5, 0.6) is 5.75 Å². The Hall–Kier alpha value is -3.41. The van der Waals surface area contributed by atoms with Crippen molar-refractivity contribution in [3.05, 3.63) is 78.1 Å². The molecule has 1 unspecified atom stereocenters. The molecule has 1 atom stereocenters. The topological polar surface area (TPSA) is 76.1 Å². The predicted octanol–water partition coefficient (Wildman–Crippen LogP) is 4.33. The maximum atomic E-state index is 12.2. The Morgan fingerprint density at radius 1 is 1.07 bits per heavy atom. The number of anilines is 2. The molecule has 2 N–H and O–H groups in total. The van der Waals surface area contributed by atoms with Gasteiger partial charge in [0.25, 0.3) is 5.91 Å². The highest BCUT2D eigenvalue weighted by atomic mass is 16.5. The molecule has 0 saturated carbocycles. The van der Waals surface area contributed by atoms with Gasteiger partial charge in [-0.25, -0.2) is 9.97 Å². The van der Waals surface area contributed by atoms with Crippen LogP contribution in [0.15, 0.2) is 66.9 Å². The third-order valence-electron chi connectivity index (χ3n) is 4.24. The SMILES string of the molecule is CCC(C)NC(=O)c1ccnc(Nc2ccc(OCc3ccccc3)cc2)n1. The lowest BCUT2D eigenvalue weighted by molar-refractivity contribution is 0.0934. The van der Waals surface area contributed by atoms with Gasteiger partial charge in [0, 0.05) is 17.9 Å². The van der Waals surface area contributed by atoms with E-state index in [9.17, 15) is 4.79 Å². The molecule has 6 heteroatoms. The average Bonchev–Trinajstić information content (AvgIpc) is 2.74. The molecule has 0 radical (unpaired) electrons. The van der Waals surface area contributed by atoms with Gasteiger partial charge in [0.05, 0.1) is 0 Å². The Bertz CT molecular complexity index is 898. The second-order valence-electron chi connectivity index (χ2n) is 6.47. The number of aromatic nitrogens is 2. The number of hydrogen-bond donors (Lipinski definition) is 2. The quantitative estimate of drug-likeness (QED) is 0.612. The molecule has 3 aromatic rings. The van der Waals surface area contributed by atoms with Gasteiger partial charge in [-0.3, -0.25) is 4.79 Å². The fourth-order valence-corrected chi connectivity index (χ4v) is 2.45. The van der Waals surface area contributed by atoms with Crippen molar-refractivity contribution in [1.29, 1.82) is 0 Å². The zero-order valence-corrected chi connectivity index (χ0v) is 16.1. The zero-order chi connectivity index (χ0) is 19.8. The van der Waals surface area contributed by atoms with E-state index < -0.39 is 0 Å². The van der Waals surface area contributed by atoms with Gasteiger partial charge in [0.15, 0.2) is 0 Å². The van der Waals surface area contributed by atoms with E-state index in [4.69, 9.17) is 4.74 Å². The molecule has 28 heavy (non-hydrogen) atoms. The normalized spacial score (nSPS) is 11.5. The molecule has 1 aromatic heterocycles. The van der Waals surface area contributed by atoms with Crippen LogP contribution in [0.2, 0.25) is 0 Å². The third-order valence-corrected chi connectivity index (χ3v) is 4.24. The number of nitrogens with one attached hydrogen (secondary N) is 2. The molecule has 1 amide bonds. The first-order valence-corrected chi connectivity index (χ1v) is 9.31. The lowest BCUT2D eigenvalue weighted by atomic mass is 10.2. The standard InChI is InChI=1S/C22H24N4O2/c1-3-16(2)24-21(27)20-13-14-23-22(26-20)25-18-9-11-19(12-10-18)28-15-17-7-5-4-6-8-17/h4-14,16H,3,15H2,1-2H3,(H,24,27)(H,23,25,26). The van der Waals surface area contributed by atoms with Gasteiger partial charge in [-0.1, -0.05) is 37.3 Å². The van der Waals surface area contributed by atoms with E-state index in [-0.39, 0.29) is 11.9 Å². The molecular weight excluding hydrogens is 352 g/mol. The molecule has 0 fully saturated rings. The van der Waals surface area contributed by atoms with Gasteiger partial charge in [0.1, 0.15) is 18.1 Å². The lowest BCUT2D eigenvalue weighted by Gasteiger charge is -2.11. The van der Waals surface area contributed by atoms with Gasteiger partial charge >= 0.3 is 0 Å². The number of benzene rings is 2. The van der Waals surface area contributed by atoms with Crippen molar-refractivity contribution in [2.75, 3.05) is 5.32 Å². The van der Waals surface area contributed by atoms with Gasteiger partial charge in [-0.15, -0.1) is 0 Å². The molecule has 0 saturated heterocycles. The minimum absolute atomic E-state index is 0.0994. The summed E-state index contributed by atoms with van der Waals surface area (Å²) < 4.78 is 5.78. The molecule has 144 valence electrons. The first-order valence-electron chi connectivity index (χ1n) is 9.31. The molecule has 0 spiro atoms. The lowest BCUT2D eigenvalue weighted by Crippen LogP contribution is -2.32. The molecule has 1 heterocycles. The average molecular weight is 376 g/mol. The van der Waals surface area contributed by atoms with Crippen molar-refractivity contribution in [2.45, 2.75) is 32.9 Å². The Kier molecular flexibility index (Phi) is 6.57. The van der Waals surface area contributed by atoms with Crippen molar-refractivity contribution < 1.29 is 9.53 Å². The highest BCUT2D eigenvalue weighted by Crippen LogP contribution is 2.19. The first kappa shape index (κ1) is 19.4. The second kappa shape index (κ2) is 9.50. The molecule has 0 aliphatic rings. The van der Waals surface area contributed by atoms with E-state index in [1.165, 1.54) is 0 Å². The van der Waals surface area contributed by atoms with Crippen LogP contribution in [0.4, 0.5) is 11.6 Å². The van der Waals surface area contributed by atoms with Crippen LogP contribution in [-0.2, 0) is 6.61 Å². The van der Waals surface area contributed by atoms with Crippen LogP contribution in [0, 0.1) is 0 Å². The van der Waals surface area contributed by atoms with Crippen molar-refractivity contribution in [3.8, 4) is 5.75 Å². The highest BCUT2D eigenvalue weighted by molar-refractivity contribution is 5.92. The molecule has 6 nitrogen and oxygen atoms in total. The maximum Gasteiger partial charge on any atom is 0.270 e. The molecule has 0 bridgehead atoms.